The van der Waals surface area contributed by atoms with Crippen molar-refractivity contribution in [3.63, 3.8) is 0 Å². The van der Waals surface area contributed by atoms with Gasteiger partial charge < -0.3 is 5.32 Å². The average molecular weight is 324 g/mol. The first-order valence-corrected chi connectivity index (χ1v) is 7.38. The molecular formula is C17H16ClF2NO. The number of rotatable bonds is 5. The van der Waals surface area contributed by atoms with E-state index in [1.807, 2.05) is 0 Å². The quantitative estimate of drug-likeness (QED) is 0.837. The first-order chi connectivity index (χ1) is 10.5. The first-order valence-electron chi connectivity index (χ1n) is 6.85. The Balaban J connectivity index is 2.67. The number of nitrogens with one attached hydrogen (secondary N) is 1. The van der Waals surface area contributed by atoms with Crippen LogP contribution in [-0.4, -0.2) is 18.8 Å². The highest BCUT2D eigenvalue weighted by Gasteiger charge is 2.40. The topological polar surface area (TPSA) is 29.1 Å². The second kappa shape index (κ2) is 6.88. The molecule has 0 aliphatic heterocycles. The largest absolute Gasteiger partial charge is 0.358 e. The van der Waals surface area contributed by atoms with Gasteiger partial charge in [-0.05, 0) is 41.8 Å². The zero-order chi connectivity index (χ0) is 16.2. The van der Waals surface area contributed by atoms with Crippen LogP contribution in [0.3, 0.4) is 0 Å². The van der Waals surface area contributed by atoms with Crippen LogP contribution in [-0.2, 0) is 10.2 Å². The summed E-state index contributed by atoms with van der Waals surface area (Å²) in [6.07, 6.45) is 0.311. The van der Waals surface area contributed by atoms with Gasteiger partial charge in [0.15, 0.2) is 0 Å². The van der Waals surface area contributed by atoms with Crippen LogP contribution >= 0.6 is 11.6 Å². The average Bonchev–Trinajstić information content (AvgIpc) is 2.54. The fourth-order valence-corrected chi connectivity index (χ4v) is 2.94. The molecule has 0 spiro atoms. The number of amides is 1. The smallest absolute Gasteiger partial charge is 0.234 e. The van der Waals surface area contributed by atoms with Gasteiger partial charge in [0, 0.05) is 12.9 Å². The van der Waals surface area contributed by atoms with Gasteiger partial charge in [-0.3, -0.25) is 4.79 Å². The lowest BCUT2D eigenvalue weighted by atomic mass is 9.71. The Morgan fingerprint density at radius 1 is 1.00 bits per heavy atom. The monoisotopic (exact) mass is 323 g/mol. The van der Waals surface area contributed by atoms with Crippen molar-refractivity contribution < 1.29 is 13.6 Å². The normalized spacial score (nSPS) is 11.3. The minimum absolute atomic E-state index is 0.224. The molecule has 0 saturated carbocycles. The zero-order valence-electron chi connectivity index (χ0n) is 12.1. The van der Waals surface area contributed by atoms with E-state index in [1.165, 1.54) is 31.3 Å². The van der Waals surface area contributed by atoms with Crippen LogP contribution in [0.25, 0.3) is 0 Å². The molecule has 116 valence electrons. The number of carbonyl (C=O) groups is 1. The molecule has 22 heavy (non-hydrogen) atoms. The molecule has 1 amide bonds. The van der Waals surface area contributed by atoms with Gasteiger partial charge in [0.05, 0.1) is 0 Å². The SMILES string of the molecule is CNC(=O)C(CCCl)(c1ccc(F)cc1)c1ccc(F)cc1. The maximum atomic E-state index is 13.2. The second-order valence-electron chi connectivity index (χ2n) is 4.94. The molecule has 0 aliphatic carbocycles. The van der Waals surface area contributed by atoms with E-state index < -0.39 is 5.41 Å². The van der Waals surface area contributed by atoms with E-state index in [0.717, 1.165) is 0 Å². The fraction of sp³-hybridized carbons (Fsp3) is 0.235. The van der Waals surface area contributed by atoms with Crippen molar-refractivity contribution >= 4 is 17.5 Å². The molecule has 1 N–H and O–H groups in total. The van der Waals surface area contributed by atoms with Gasteiger partial charge in [-0.2, -0.15) is 0 Å². The Labute approximate surface area is 133 Å². The Kier molecular flexibility index (Phi) is 5.14. The highest BCUT2D eigenvalue weighted by molar-refractivity contribution is 6.18. The molecule has 0 aromatic heterocycles. The summed E-state index contributed by atoms with van der Waals surface area (Å²) >= 11 is 5.92. The van der Waals surface area contributed by atoms with Crippen LogP contribution < -0.4 is 5.32 Å². The van der Waals surface area contributed by atoms with E-state index in [1.54, 1.807) is 24.3 Å². The lowest BCUT2D eigenvalue weighted by Gasteiger charge is -2.32. The molecule has 2 nitrogen and oxygen atoms in total. The molecule has 2 rings (SSSR count). The molecular weight excluding hydrogens is 308 g/mol. The van der Waals surface area contributed by atoms with E-state index in [0.29, 0.717) is 17.5 Å². The fourth-order valence-electron chi connectivity index (χ4n) is 2.65. The van der Waals surface area contributed by atoms with Crippen LogP contribution in [0.4, 0.5) is 8.78 Å². The van der Waals surface area contributed by atoms with E-state index in [2.05, 4.69) is 5.32 Å². The third-order valence-electron chi connectivity index (χ3n) is 3.76. The maximum Gasteiger partial charge on any atom is 0.234 e. The van der Waals surface area contributed by atoms with Gasteiger partial charge in [-0.25, -0.2) is 8.78 Å². The summed E-state index contributed by atoms with van der Waals surface area (Å²) in [4.78, 5) is 12.6. The molecule has 2 aromatic rings. The number of hydrogen-bond donors (Lipinski definition) is 1. The lowest BCUT2D eigenvalue weighted by Crippen LogP contribution is -2.44. The highest BCUT2D eigenvalue weighted by atomic mass is 35.5. The predicted octanol–water partition coefficient (Wildman–Crippen LogP) is 3.63. The molecule has 2 aromatic carbocycles. The third-order valence-corrected chi connectivity index (χ3v) is 3.95. The summed E-state index contributed by atoms with van der Waals surface area (Å²) in [6, 6.07) is 11.4. The molecule has 0 bridgehead atoms. The highest BCUT2D eigenvalue weighted by Crippen LogP contribution is 2.36. The van der Waals surface area contributed by atoms with Crippen molar-refractivity contribution in [1.29, 1.82) is 0 Å². The Morgan fingerprint density at radius 2 is 1.41 bits per heavy atom. The summed E-state index contributed by atoms with van der Waals surface area (Å²) < 4.78 is 26.4. The van der Waals surface area contributed by atoms with Crippen molar-refractivity contribution in [1.82, 2.24) is 5.32 Å². The van der Waals surface area contributed by atoms with Gasteiger partial charge in [-0.15, -0.1) is 11.6 Å². The molecule has 0 atom stereocenters. The molecule has 0 saturated heterocycles. The number of carbonyl (C=O) groups excluding carboxylic acids is 1. The van der Waals surface area contributed by atoms with Gasteiger partial charge in [0.2, 0.25) is 5.91 Å². The zero-order valence-corrected chi connectivity index (χ0v) is 12.8. The summed E-state index contributed by atoms with van der Waals surface area (Å²) in [5.41, 5.74) is 0.138. The summed E-state index contributed by atoms with van der Waals surface area (Å²) in [5.74, 6) is -0.826. The number of halogens is 3. The van der Waals surface area contributed by atoms with Gasteiger partial charge >= 0.3 is 0 Å². The van der Waals surface area contributed by atoms with Gasteiger partial charge in [0.25, 0.3) is 0 Å². The van der Waals surface area contributed by atoms with Crippen LogP contribution in [0, 0.1) is 11.6 Å². The first kappa shape index (κ1) is 16.4. The Morgan fingerprint density at radius 3 is 1.73 bits per heavy atom. The van der Waals surface area contributed by atoms with Crippen molar-refractivity contribution in [2.45, 2.75) is 11.8 Å². The Bertz CT molecular complexity index is 595. The standard InChI is InChI=1S/C17H16ClF2NO/c1-21-16(22)17(10-11-18,12-2-6-14(19)7-3-12)13-4-8-15(20)9-5-13/h2-9H,10-11H2,1H3,(H,21,22). The van der Waals surface area contributed by atoms with Crippen LogP contribution in [0.5, 0.6) is 0 Å². The maximum absolute atomic E-state index is 13.2. The van der Waals surface area contributed by atoms with E-state index in [4.69, 9.17) is 11.6 Å². The minimum atomic E-state index is -1.09. The van der Waals surface area contributed by atoms with Gasteiger partial charge in [0.1, 0.15) is 17.0 Å². The lowest BCUT2D eigenvalue weighted by molar-refractivity contribution is -0.125. The summed E-state index contributed by atoms with van der Waals surface area (Å²) in [6.45, 7) is 0. The number of hydrogen-bond acceptors (Lipinski definition) is 1. The van der Waals surface area contributed by atoms with E-state index >= 15 is 0 Å². The molecule has 0 unspecified atom stereocenters. The number of alkyl halides is 1. The minimum Gasteiger partial charge on any atom is -0.358 e. The summed E-state index contributed by atoms with van der Waals surface area (Å²) in [5, 5.41) is 2.63. The second-order valence-corrected chi connectivity index (χ2v) is 5.32. The number of benzene rings is 2. The van der Waals surface area contributed by atoms with Crippen molar-refractivity contribution in [2.24, 2.45) is 0 Å². The predicted molar refractivity (Wildman–Crippen MR) is 83.0 cm³/mol. The molecule has 0 fully saturated rings. The van der Waals surface area contributed by atoms with Crippen LogP contribution in [0.1, 0.15) is 17.5 Å². The molecule has 0 aliphatic rings. The van der Waals surface area contributed by atoms with Crippen LogP contribution in [0.15, 0.2) is 48.5 Å². The van der Waals surface area contributed by atoms with E-state index in [-0.39, 0.29) is 23.4 Å². The number of likely N-dealkylation sites (N-methyl/N-ethyl adjacent to an activating group) is 1. The molecule has 0 radical (unpaired) electrons. The third kappa shape index (κ3) is 2.97. The molecule has 0 heterocycles. The van der Waals surface area contributed by atoms with Crippen molar-refractivity contribution in [3.05, 3.63) is 71.3 Å². The van der Waals surface area contributed by atoms with Gasteiger partial charge in [-0.1, -0.05) is 24.3 Å². The summed E-state index contributed by atoms with van der Waals surface area (Å²) in [7, 11) is 1.53. The Hall–Kier alpha value is -1.94. The van der Waals surface area contributed by atoms with E-state index in [9.17, 15) is 13.6 Å². The van der Waals surface area contributed by atoms with Crippen molar-refractivity contribution in [2.75, 3.05) is 12.9 Å². The van der Waals surface area contributed by atoms with Crippen molar-refractivity contribution in [3.8, 4) is 0 Å². The molecule has 5 heteroatoms. The van der Waals surface area contributed by atoms with Crippen LogP contribution in [0.2, 0.25) is 0 Å².